The van der Waals surface area contributed by atoms with Crippen molar-refractivity contribution in [3.05, 3.63) is 28.8 Å². The van der Waals surface area contributed by atoms with Crippen LogP contribution in [0.25, 0.3) is 0 Å². The summed E-state index contributed by atoms with van der Waals surface area (Å²) < 4.78 is 0. The van der Waals surface area contributed by atoms with E-state index < -0.39 is 0 Å². The third-order valence-corrected chi connectivity index (χ3v) is 5.11. The summed E-state index contributed by atoms with van der Waals surface area (Å²) in [4.78, 5) is 2.46. The van der Waals surface area contributed by atoms with Gasteiger partial charge in [-0.3, -0.25) is 0 Å². The van der Waals surface area contributed by atoms with Gasteiger partial charge >= 0.3 is 0 Å². The molecule has 0 radical (unpaired) electrons. The average molecular weight is 281 g/mol. The molecule has 1 saturated heterocycles. The molecule has 1 aliphatic rings. The maximum atomic E-state index is 6.33. The Morgan fingerprint density at radius 2 is 2.05 bits per heavy atom. The first kappa shape index (κ1) is 14.7. The summed E-state index contributed by atoms with van der Waals surface area (Å²) in [6.07, 6.45) is 3.80. The minimum absolute atomic E-state index is 0.00879. The Balaban J connectivity index is 2.18. The van der Waals surface area contributed by atoms with Crippen LogP contribution in [0.2, 0.25) is 5.02 Å². The molecule has 2 N–H and O–H groups in total. The Kier molecular flexibility index (Phi) is 4.42. The van der Waals surface area contributed by atoms with E-state index in [1.807, 2.05) is 6.92 Å². The van der Waals surface area contributed by atoms with Crippen LogP contribution in [0.3, 0.4) is 0 Å². The lowest BCUT2D eigenvalue weighted by molar-refractivity contribution is 0.301. The third-order valence-electron chi connectivity index (χ3n) is 4.78. The van der Waals surface area contributed by atoms with Gasteiger partial charge in [0.25, 0.3) is 0 Å². The molecule has 2 rings (SSSR count). The molecule has 1 aromatic carbocycles. The van der Waals surface area contributed by atoms with Crippen molar-refractivity contribution in [2.24, 2.45) is 11.1 Å². The van der Waals surface area contributed by atoms with E-state index in [1.54, 1.807) is 0 Å². The summed E-state index contributed by atoms with van der Waals surface area (Å²) >= 11 is 6.33. The van der Waals surface area contributed by atoms with Crippen LogP contribution in [0.4, 0.5) is 5.69 Å². The molecule has 106 valence electrons. The Labute approximate surface area is 121 Å². The van der Waals surface area contributed by atoms with E-state index >= 15 is 0 Å². The zero-order valence-corrected chi connectivity index (χ0v) is 13.0. The van der Waals surface area contributed by atoms with E-state index in [9.17, 15) is 0 Å². The number of hydrogen-bond donors (Lipinski definition) is 1. The summed E-state index contributed by atoms with van der Waals surface area (Å²) in [5.41, 5.74) is 8.66. The summed E-state index contributed by atoms with van der Waals surface area (Å²) in [6.45, 7) is 8.86. The standard InChI is InChI=1S/C16H25ClN2/c1-4-16(5-2)8-9-19(11-16)13-6-7-14(12(3)18)15(17)10-13/h6-7,10,12H,4-5,8-9,11,18H2,1-3H3. The lowest BCUT2D eigenvalue weighted by Crippen LogP contribution is -2.26. The lowest BCUT2D eigenvalue weighted by Gasteiger charge is -2.27. The second kappa shape index (κ2) is 5.72. The molecule has 1 heterocycles. The van der Waals surface area contributed by atoms with Gasteiger partial charge in [0.15, 0.2) is 0 Å². The molecule has 1 aromatic rings. The summed E-state index contributed by atoms with van der Waals surface area (Å²) in [7, 11) is 0. The maximum absolute atomic E-state index is 6.33. The maximum Gasteiger partial charge on any atom is 0.0474 e. The molecule has 0 amide bonds. The quantitative estimate of drug-likeness (QED) is 0.887. The summed E-state index contributed by atoms with van der Waals surface area (Å²) in [5, 5.41) is 0.790. The second-order valence-corrected chi connectivity index (χ2v) is 6.28. The predicted molar refractivity (Wildman–Crippen MR) is 83.9 cm³/mol. The number of nitrogens with two attached hydrogens (primary N) is 1. The molecule has 0 aliphatic carbocycles. The molecular weight excluding hydrogens is 256 g/mol. The van der Waals surface area contributed by atoms with Crippen LogP contribution >= 0.6 is 11.6 Å². The first-order valence-electron chi connectivity index (χ1n) is 7.31. The van der Waals surface area contributed by atoms with Crippen LogP contribution in [-0.4, -0.2) is 13.1 Å². The van der Waals surface area contributed by atoms with Gasteiger partial charge in [0.1, 0.15) is 0 Å². The van der Waals surface area contributed by atoms with Crippen molar-refractivity contribution < 1.29 is 0 Å². The van der Waals surface area contributed by atoms with Gasteiger partial charge in [-0.25, -0.2) is 0 Å². The Bertz CT molecular complexity index is 438. The van der Waals surface area contributed by atoms with Crippen LogP contribution in [0.15, 0.2) is 18.2 Å². The number of rotatable bonds is 4. The fourth-order valence-electron chi connectivity index (χ4n) is 3.06. The minimum Gasteiger partial charge on any atom is -0.371 e. The number of benzene rings is 1. The van der Waals surface area contributed by atoms with E-state index in [-0.39, 0.29) is 6.04 Å². The average Bonchev–Trinajstić information content (AvgIpc) is 2.83. The van der Waals surface area contributed by atoms with Gasteiger partial charge < -0.3 is 10.6 Å². The normalized spacial score (nSPS) is 19.7. The van der Waals surface area contributed by atoms with E-state index in [2.05, 4.69) is 36.9 Å². The zero-order valence-electron chi connectivity index (χ0n) is 12.2. The first-order chi connectivity index (χ1) is 9.01. The van der Waals surface area contributed by atoms with Crippen LogP contribution in [0.5, 0.6) is 0 Å². The van der Waals surface area contributed by atoms with Crippen LogP contribution in [0, 0.1) is 5.41 Å². The fraction of sp³-hybridized carbons (Fsp3) is 0.625. The number of hydrogen-bond acceptors (Lipinski definition) is 2. The molecule has 0 spiro atoms. The van der Waals surface area contributed by atoms with Gasteiger partial charge in [-0.2, -0.15) is 0 Å². The van der Waals surface area contributed by atoms with E-state index in [1.165, 1.54) is 24.9 Å². The number of nitrogens with zero attached hydrogens (tertiary/aromatic N) is 1. The minimum atomic E-state index is -0.00879. The monoisotopic (exact) mass is 280 g/mol. The Morgan fingerprint density at radius 1 is 1.37 bits per heavy atom. The Hall–Kier alpha value is -0.730. The van der Waals surface area contributed by atoms with E-state index in [0.717, 1.165) is 23.7 Å². The van der Waals surface area contributed by atoms with Gasteiger partial charge in [0.2, 0.25) is 0 Å². The highest BCUT2D eigenvalue weighted by Gasteiger charge is 2.35. The molecule has 3 heteroatoms. The molecule has 0 bridgehead atoms. The second-order valence-electron chi connectivity index (χ2n) is 5.87. The molecule has 1 fully saturated rings. The summed E-state index contributed by atoms with van der Waals surface area (Å²) in [5.74, 6) is 0. The SMILES string of the molecule is CCC1(CC)CCN(c2ccc(C(C)N)c(Cl)c2)C1. The molecule has 2 nitrogen and oxygen atoms in total. The van der Waals surface area contributed by atoms with Crippen molar-refractivity contribution in [1.29, 1.82) is 0 Å². The van der Waals surface area contributed by atoms with Gasteiger partial charge in [-0.15, -0.1) is 0 Å². The van der Waals surface area contributed by atoms with E-state index in [4.69, 9.17) is 17.3 Å². The molecule has 0 aromatic heterocycles. The third kappa shape index (κ3) is 2.90. The van der Waals surface area contributed by atoms with Crippen LogP contribution in [0.1, 0.15) is 51.6 Å². The van der Waals surface area contributed by atoms with Crippen molar-refractivity contribution in [3.63, 3.8) is 0 Å². The Morgan fingerprint density at radius 3 is 2.53 bits per heavy atom. The molecule has 1 atom stereocenters. The van der Waals surface area contributed by atoms with Gasteiger partial charge in [0, 0.05) is 29.8 Å². The van der Waals surface area contributed by atoms with Gasteiger partial charge in [-0.1, -0.05) is 31.5 Å². The van der Waals surface area contributed by atoms with Gasteiger partial charge in [0.05, 0.1) is 0 Å². The summed E-state index contributed by atoms with van der Waals surface area (Å²) in [6, 6.07) is 6.29. The molecule has 1 aliphatic heterocycles. The van der Waals surface area contributed by atoms with Crippen LogP contribution < -0.4 is 10.6 Å². The van der Waals surface area contributed by atoms with Gasteiger partial charge in [-0.05, 0) is 49.3 Å². The molecule has 1 unspecified atom stereocenters. The lowest BCUT2D eigenvalue weighted by atomic mass is 9.82. The van der Waals surface area contributed by atoms with Crippen molar-refractivity contribution >= 4 is 17.3 Å². The van der Waals surface area contributed by atoms with Crippen molar-refractivity contribution in [2.45, 2.75) is 46.1 Å². The number of halogens is 1. The first-order valence-corrected chi connectivity index (χ1v) is 7.69. The fourth-order valence-corrected chi connectivity index (χ4v) is 3.41. The smallest absolute Gasteiger partial charge is 0.0474 e. The van der Waals surface area contributed by atoms with Crippen molar-refractivity contribution in [2.75, 3.05) is 18.0 Å². The largest absolute Gasteiger partial charge is 0.371 e. The highest BCUT2D eigenvalue weighted by molar-refractivity contribution is 6.31. The van der Waals surface area contributed by atoms with Crippen molar-refractivity contribution in [1.82, 2.24) is 0 Å². The van der Waals surface area contributed by atoms with E-state index in [0.29, 0.717) is 5.41 Å². The van der Waals surface area contributed by atoms with Crippen molar-refractivity contribution in [3.8, 4) is 0 Å². The van der Waals surface area contributed by atoms with Crippen LogP contribution in [-0.2, 0) is 0 Å². The predicted octanol–water partition coefficient (Wildman–Crippen LogP) is 4.38. The highest BCUT2D eigenvalue weighted by atomic mass is 35.5. The molecule has 0 saturated carbocycles. The zero-order chi connectivity index (χ0) is 14.0. The molecule has 19 heavy (non-hydrogen) atoms. The molecular formula is C16H25ClN2. The highest BCUT2D eigenvalue weighted by Crippen LogP contribution is 2.39. The topological polar surface area (TPSA) is 29.3 Å². The number of anilines is 1.